The molecule has 0 atom stereocenters. The van der Waals surface area contributed by atoms with E-state index in [1.165, 1.54) is 21.8 Å². The first-order valence-electron chi connectivity index (χ1n) is 18.8. The highest BCUT2D eigenvalue weighted by molar-refractivity contribution is 6.10. The molecule has 3 heterocycles. The number of aromatic nitrogens is 4. The molecule has 0 unspecified atom stereocenters. The fourth-order valence-corrected chi connectivity index (χ4v) is 7.99. The van der Waals surface area contributed by atoms with Crippen molar-refractivity contribution in [2.24, 2.45) is 0 Å². The molecule has 0 spiro atoms. The zero-order chi connectivity index (χ0) is 37.0. The summed E-state index contributed by atoms with van der Waals surface area (Å²) >= 11 is 0. The lowest BCUT2D eigenvalue weighted by atomic mass is 9.99. The van der Waals surface area contributed by atoms with Gasteiger partial charge in [0, 0.05) is 43.8 Å². The zero-order valence-corrected chi connectivity index (χ0v) is 30.2. The van der Waals surface area contributed by atoms with E-state index in [2.05, 4.69) is 138 Å². The molecular weight excluding hydrogens is 685 g/mol. The SMILES string of the molecule is c1ccc(-c2nc(-c3ccccc3)nc(-c3cccc(-c4ccc5c(c4)oc4ccc(-c6ccccc6-n6c7ccccc7c7ccccc76)cc45)c3)n2)cc1. The first kappa shape index (κ1) is 31.9. The highest BCUT2D eigenvalue weighted by atomic mass is 16.3. The summed E-state index contributed by atoms with van der Waals surface area (Å²) in [5.41, 5.74) is 12.4. The Balaban J connectivity index is 0.987. The van der Waals surface area contributed by atoms with Crippen LogP contribution in [0.25, 0.3) is 106 Å². The van der Waals surface area contributed by atoms with E-state index in [0.717, 1.165) is 66.6 Å². The van der Waals surface area contributed by atoms with Crippen LogP contribution in [0.1, 0.15) is 0 Å². The van der Waals surface area contributed by atoms with Crippen LogP contribution >= 0.6 is 0 Å². The minimum absolute atomic E-state index is 0.623. The summed E-state index contributed by atoms with van der Waals surface area (Å²) in [5, 5.41) is 4.66. The number of hydrogen-bond donors (Lipinski definition) is 0. The number of rotatable bonds is 6. The van der Waals surface area contributed by atoms with E-state index in [-0.39, 0.29) is 0 Å². The van der Waals surface area contributed by atoms with Gasteiger partial charge >= 0.3 is 0 Å². The Kier molecular flexibility index (Phi) is 7.42. The van der Waals surface area contributed by atoms with Crippen LogP contribution in [0.2, 0.25) is 0 Å². The van der Waals surface area contributed by atoms with Gasteiger partial charge in [0.1, 0.15) is 11.2 Å². The molecule has 0 aliphatic rings. The fraction of sp³-hybridized carbons (Fsp3) is 0. The van der Waals surface area contributed by atoms with Crippen molar-refractivity contribution < 1.29 is 4.42 Å². The molecule has 0 aliphatic carbocycles. The summed E-state index contributed by atoms with van der Waals surface area (Å²) in [6, 6.07) is 67.5. The first-order valence-corrected chi connectivity index (χ1v) is 18.8. The van der Waals surface area contributed by atoms with E-state index >= 15 is 0 Å². The lowest BCUT2D eigenvalue weighted by Crippen LogP contribution is -2.00. The van der Waals surface area contributed by atoms with Gasteiger partial charge in [-0.2, -0.15) is 0 Å². The molecule has 0 bridgehead atoms. The third-order valence-electron chi connectivity index (χ3n) is 10.7. The second-order valence-corrected chi connectivity index (χ2v) is 14.0. The molecule has 0 N–H and O–H groups in total. The summed E-state index contributed by atoms with van der Waals surface area (Å²) in [4.78, 5) is 14.8. The van der Waals surface area contributed by atoms with Gasteiger partial charge in [0.15, 0.2) is 17.5 Å². The molecule has 11 rings (SSSR count). The molecule has 8 aromatic carbocycles. The van der Waals surface area contributed by atoms with Crippen LogP contribution in [-0.2, 0) is 0 Å². The summed E-state index contributed by atoms with van der Waals surface area (Å²) in [7, 11) is 0. The van der Waals surface area contributed by atoms with E-state index in [0.29, 0.717) is 17.5 Å². The molecule has 5 nitrogen and oxygen atoms in total. The van der Waals surface area contributed by atoms with E-state index in [9.17, 15) is 0 Å². The van der Waals surface area contributed by atoms with Gasteiger partial charge in [-0.25, -0.2) is 15.0 Å². The normalized spacial score (nSPS) is 11.6. The van der Waals surface area contributed by atoms with Crippen molar-refractivity contribution in [1.82, 2.24) is 19.5 Å². The maximum Gasteiger partial charge on any atom is 0.164 e. The molecule has 56 heavy (non-hydrogen) atoms. The molecule has 262 valence electrons. The molecule has 0 aliphatic heterocycles. The Morgan fingerprint density at radius 2 is 0.857 bits per heavy atom. The zero-order valence-electron chi connectivity index (χ0n) is 30.2. The van der Waals surface area contributed by atoms with Gasteiger partial charge in [0.05, 0.1) is 16.7 Å². The quantitative estimate of drug-likeness (QED) is 0.172. The summed E-state index contributed by atoms with van der Waals surface area (Å²) < 4.78 is 8.92. The van der Waals surface area contributed by atoms with Crippen molar-refractivity contribution in [3.8, 4) is 62.1 Å². The topological polar surface area (TPSA) is 56.7 Å². The Hall–Kier alpha value is -7.63. The predicted molar refractivity (Wildman–Crippen MR) is 229 cm³/mol. The Labute approximate surface area is 322 Å². The van der Waals surface area contributed by atoms with Crippen LogP contribution in [0.15, 0.2) is 199 Å². The number of furan rings is 1. The number of benzene rings is 8. The summed E-state index contributed by atoms with van der Waals surface area (Å²) in [6.07, 6.45) is 0. The van der Waals surface area contributed by atoms with Crippen molar-refractivity contribution in [2.45, 2.75) is 0 Å². The standard InChI is InChI=1S/C51H32N4O/c1-3-14-33(15-4-1)49-52-50(34-16-5-2-6-17-34)54-51(53-49)38-19-13-18-35(30-38)36-26-28-42-43-31-37(27-29-47(43)56-48(42)32-36)39-20-7-10-23-44(39)55-45-24-11-8-21-40(45)41-22-9-12-25-46(41)55/h1-32H. The molecule has 3 aromatic heterocycles. The molecule has 0 saturated heterocycles. The molecule has 11 aromatic rings. The minimum atomic E-state index is 0.623. The molecule has 0 radical (unpaired) electrons. The number of hydrogen-bond acceptors (Lipinski definition) is 4. The van der Waals surface area contributed by atoms with Crippen LogP contribution in [-0.4, -0.2) is 19.5 Å². The average Bonchev–Trinajstić information content (AvgIpc) is 3.82. The molecule has 0 amide bonds. The molecule has 0 fully saturated rings. The van der Waals surface area contributed by atoms with E-state index in [1.54, 1.807) is 0 Å². The van der Waals surface area contributed by atoms with Crippen LogP contribution in [0.4, 0.5) is 0 Å². The first-order chi connectivity index (χ1) is 27.7. The lowest BCUT2D eigenvalue weighted by Gasteiger charge is -2.14. The smallest absolute Gasteiger partial charge is 0.164 e. The largest absolute Gasteiger partial charge is 0.456 e. The third kappa shape index (κ3) is 5.37. The Morgan fingerprint density at radius 3 is 1.55 bits per heavy atom. The summed E-state index contributed by atoms with van der Waals surface area (Å²) in [6.45, 7) is 0. The van der Waals surface area contributed by atoms with Crippen LogP contribution in [0.5, 0.6) is 0 Å². The minimum Gasteiger partial charge on any atom is -0.456 e. The maximum absolute atomic E-state index is 6.53. The Bertz CT molecular complexity index is 3140. The van der Waals surface area contributed by atoms with Crippen LogP contribution in [0, 0.1) is 0 Å². The van der Waals surface area contributed by atoms with Gasteiger partial charge in [-0.3, -0.25) is 0 Å². The van der Waals surface area contributed by atoms with Crippen molar-refractivity contribution >= 4 is 43.7 Å². The average molecular weight is 717 g/mol. The van der Waals surface area contributed by atoms with E-state index < -0.39 is 0 Å². The van der Waals surface area contributed by atoms with E-state index in [1.807, 2.05) is 60.7 Å². The van der Waals surface area contributed by atoms with Crippen LogP contribution in [0.3, 0.4) is 0 Å². The fourth-order valence-electron chi connectivity index (χ4n) is 7.99. The predicted octanol–water partition coefficient (Wildman–Crippen LogP) is 13.2. The second kappa shape index (κ2) is 13.0. The van der Waals surface area contributed by atoms with Gasteiger partial charge in [-0.15, -0.1) is 0 Å². The monoisotopic (exact) mass is 716 g/mol. The number of fused-ring (bicyclic) bond motifs is 6. The molecule has 0 saturated carbocycles. The van der Waals surface area contributed by atoms with Gasteiger partial charge < -0.3 is 8.98 Å². The van der Waals surface area contributed by atoms with Crippen molar-refractivity contribution in [3.05, 3.63) is 194 Å². The highest BCUT2D eigenvalue weighted by Crippen LogP contribution is 2.39. The van der Waals surface area contributed by atoms with Gasteiger partial charge in [-0.05, 0) is 65.2 Å². The van der Waals surface area contributed by atoms with Crippen LogP contribution < -0.4 is 0 Å². The van der Waals surface area contributed by atoms with Crippen molar-refractivity contribution in [3.63, 3.8) is 0 Å². The third-order valence-corrected chi connectivity index (χ3v) is 10.7. The van der Waals surface area contributed by atoms with E-state index in [4.69, 9.17) is 19.4 Å². The van der Waals surface area contributed by atoms with Gasteiger partial charge in [-0.1, -0.05) is 146 Å². The highest BCUT2D eigenvalue weighted by Gasteiger charge is 2.17. The van der Waals surface area contributed by atoms with Gasteiger partial charge in [0.2, 0.25) is 0 Å². The lowest BCUT2D eigenvalue weighted by molar-refractivity contribution is 0.669. The molecule has 5 heteroatoms. The molecular formula is C51H32N4O. The number of para-hydroxylation sites is 3. The van der Waals surface area contributed by atoms with Crippen molar-refractivity contribution in [2.75, 3.05) is 0 Å². The van der Waals surface area contributed by atoms with Crippen molar-refractivity contribution in [1.29, 1.82) is 0 Å². The second-order valence-electron chi connectivity index (χ2n) is 14.0. The summed E-state index contributed by atoms with van der Waals surface area (Å²) in [5.74, 6) is 1.90. The van der Waals surface area contributed by atoms with Gasteiger partial charge in [0.25, 0.3) is 0 Å². The number of nitrogens with zero attached hydrogens (tertiary/aromatic N) is 4. The maximum atomic E-state index is 6.53. The Morgan fingerprint density at radius 1 is 0.321 bits per heavy atom.